The fraction of sp³-hybridized carbons (Fsp3) is 0.636. The zero-order valence-corrected chi connectivity index (χ0v) is 12.3. The molecule has 1 saturated heterocycles. The molecule has 6 heteroatoms. The molecule has 17 heavy (non-hydrogen) atoms. The molecule has 94 valence electrons. The van der Waals surface area contributed by atoms with Gasteiger partial charge < -0.3 is 9.64 Å². The van der Waals surface area contributed by atoms with Gasteiger partial charge in [-0.2, -0.15) is 0 Å². The third kappa shape index (κ3) is 2.96. The Balaban J connectivity index is 2.29. The first-order valence-electron chi connectivity index (χ1n) is 5.63. The predicted molar refractivity (Wildman–Crippen MR) is 70.3 cm³/mol. The highest BCUT2D eigenvalue weighted by Crippen LogP contribution is 2.27. The van der Waals surface area contributed by atoms with Crippen molar-refractivity contribution in [3.8, 4) is 0 Å². The van der Waals surface area contributed by atoms with E-state index in [1.807, 2.05) is 6.92 Å². The van der Waals surface area contributed by atoms with E-state index in [1.54, 1.807) is 0 Å². The van der Waals surface area contributed by atoms with Gasteiger partial charge in [0.1, 0.15) is 11.3 Å². The van der Waals surface area contributed by atoms with E-state index < -0.39 is 0 Å². The van der Waals surface area contributed by atoms with Crippen LogP contribution in [-0.2, 0) is 11.2 Å². The van der Waals surface area contributed by atoms with Crippen LogP contribution in [0.5, 0.6) is 0 Å². The van der Waals surface area contributed by atoms with Gasteiger partial charge in [0.2, 0.25) is 0 Å². The van der Waals surface area contributed by atoms with Crippen LogP contribution in [0.1, 0.15) is 24.5 Å². The lowest BCUT2D eigenvalue weighted by molar-refractivity contribution is -0.0256. The van der Waals surface area contributed by atoms with Crippen molar-refractivity contribution in [2.75, 3.05) is 26.7 Å². The highest BCUT2D eigenvalue weighted by Gasteiger charge is 2.23. The van der Waals surface area contributed by atoms with E-state index in [4.69, 9.17) is 16.3 Å². The molecule has 2 rings (SSSR count). The van der Waals surface area contributed by atoms with E-state index in [-0.39, 0.29) is 6.10 Å². The molecule has 0 bridgehead atoms. The van der Waals surface area contributed by atoms with Crippen LogP contribution in [0.25, 0.3) is 0 Å². The Kier molecular flexibility index (Phi) is 4.36. The van der Waals surface area contributed by atoms with Crippen LogP contribution < -0.4 is 0 Å². The Hall–Kier alpha value is -0.230. The minimum atomic E-state index is -0.0790. The molecule has 0 spiro atoms. The molecular weight excluding hydrogens is 305 g/mol. The SMILES string of the molecule is CCc1nc(C2CN(C)CCO2)nc(Cl)c1Br. The Morgan fingerprint density at radius 3 is 2.94 bits per heavy atom. The molecule has 1 unspecified atom stereocenters. The monoisotopic (exact) mass is 319 g/mol. The molecule has 1 aliphatic heterocycles. The quantitative estimate of drug-likeness (QED) is 0.785. The maximum Gasteiger partial charge on any atom is 0.160 e. The number of hydrogen-bond acceptors (Lipinski definition) is 4. The summed E-state index contributed by atoms with van der Waals surface area (Å²) in [6.45, 7) is 4.50. The van der Waals surface area contributed by atoms with Crippen molar-refractivity contribution in [2.24, 2.45) is 0 Å². The van der Waals surface area contributed by atoms with Crippen LogP contribution in [-0.4, -0.2) is 41.6 Å². The van der Waals surface area contributed by atoms with Gasteiger partial charge in [0.05, 0.1) is 16.8 Å². The summed E-state index contributed by atoms with van der Waals surface area (Å²) in [5.41, 5.74) is 0.928. The van der Waals surface area contributed by atoms with E-state index in [2.05, 4.69) is 37.8 Å². The Bertz CT molecular complexity index is 416. The van der Waals surface area contributed by atoms with Gasteiger partial charge >= 0.3 is 0 Å². The van der Waals surface area contributed by atoms with Crippen molar-refractivity contribution in [2.45, 2.75) is 19.4 Å². The van der Waals surface area contributed by atoms with E-state index in [9.17, 15) is 0 Å². The van der Waals surface area contributed by atoms with Gasteiger partial charge in [0, 0.05) is 13.1 Å². The first-order valence-corrected chi connectivity index (χ1v) is 6.80. The lowest BCUT2D eigenvalue weighted by Gasteiger charge is -2.29. The minimum Gasteiger partial charge on any atom is -0.368 e. The first-order chi connectivity index (χ1) is 8.11. The van der Waals surface area contributed by atoms with Crippen molar-refractivity contribution in [1.82, 2.24) is 14.9 Å². The molecule has 1 aliphatic rings. The second-order valence-corrected chi connectivity index (χ2v) is 5.26. The minimum absolute atomic E-state index is 0.0790. The van der Waals surface area contributed by atoms with Crippen molar-refractivity contribution in [3.05, 3.63) is 21.1 Å². The van der Waals surface area contributed by atoms with E-state index in [1.165, 1.54) is 0 Å². The Morgan fingerprint density at radius 1 is 1.53 bits per heavy atom. The van der Waals surface area contributed by atoms with Crippen molar-refractivity contribution < 1.29 is 4.74 Å². The van der Waals surface area contributed by atoms with Crippen LogP contribution in [0.3, 0.4) is 0 Å². The van der Waals surface area contributed by atoms with E-state index in [0.29, 0.717) is 17.6 Å². The number of aryl methyl sites for hydroxylation is 1. The van der Waals surface area contributed by atoms with Gasteiger partial charge in [-0.05, 0) is 29.4 Å². The predicted octanol–water partition coefficient (Wildman–Crippen LogP) is 2.46. The topological polar surface area (TPSA) is 38.2 Å². The average molecular weight is 321 g/mol. The number of hydrogen-bond donors (Lipinski definition) is 0. The molecule has 0 N–H and O–H groups in total. The van der Waals surface area contributed by atoms with Gasteiger partial charge in [0.25, 0.3) is 0 Å². The molecule has 1 aromatic rings. The molecule has 4 nitrogen and oxygen atoms in total. The summed E-state index contributed by atoms with van der Waals surface area (Å²) in [5.74, 6) is 0.682. The summed E-state index contributed by atoms with van der Waals surface area (Å²) in [6, 6.07) is 0. The second-order valence-electron chi connectivity index (χ2n) is 4.11. The van der Waals surface area contributed by atoms with Crippen LogP contribution in [0.4, 0.5) is 0 Å². The largest absolute Gasteiger partial charge is 0.368 e. The van der Waals surface area contributed by atoms with Crippen molar-refractivity contribution in [3.63, 3.8) is 0 Å². The second kappa shape index (κ2) is 5.61. The standard InChI is InChI=1S/C11H15BrClN3O/c1-3-7-9(12)10(13)15-11(14-7)8-6-16(2)4-5-17-8/h8H,3-6H2,1-2H3. The highest BCUT2D eigenvalue weighted by atomic mass is 79.9. The van der Waals surface area contributed by atoms with Gasteiger partial charge in [-0.1, -0.05) is 18.5 Å². The smallest absolute Gasteiger partial charge is 0.160 e. The number of morpholine rings is 1. The summed E-state index contributed by atoms with van der Waals surface area (Å²) in [7, 11) is 2.07. The number of ether oxygens (including phenoxy) is 1. The third-order valence-corrected chi connectivity index (χ3v) is 4.12. The summed E-state index contributed by atoms with van der Waals surface area (Å²) >= 11 is 9.49. The third-order valence-electron chi connectivity index (χ3n) is 2.79. The zero-order chi connectivity index (χ0) is 12.4. The Morgan fingerprint density at radius 2 is 2.29 bits per heavy atom. The molecule has 0 amide bonds. The number of nitrogens with zero attached hydrogens (tertiary/aromatic N) is 3. The maximum absolute atomic E-state index is 6.09. The first kappa shape index (κ1) is 13.2. The molecule has 1 fully saturated rings. The molecule has 0 radical (unpaired) electrons. The van der Waals surface area contributed by atoms with Gasteiger partial charge in [-0.25, -0.2) is 9.97 Å². The fourth-order valence-electron chi connectivity index (χ4n) is 1.79. The van der Waals surface area contributed by atoms with Gasteiger partial charge in [0.15, 0.2) is 5.82 Å². The number of aromatic nitrogens is 2. The molecule has 2 heterocycles. The molecule has 0 aromatic carbocycles. The summed E-state index contributed by atoms with van der Waals surface area (Å²) in [5, 5.41) is 0.462. The lowest BCUT2D eigenvalue weighted by atomic mass is 10.2. The summed E-state index contributed by atoms with van der Waals surface area (Å²) in [4.78, 5) is 11.0. The average Bonchev–Trinajstić information content (AvgIpc) is 2.32. The summed E-state index contributed by atoms with van der Waals surface area (Å²) in [6.07, 6.45) is 0.739. The molecule has 0 aliphatic carbocycles. The fourth-order valence-corrected chi connectivity index (χ4v) is 2.45. The zero-order valence-electron chi connectivity index (χ0n) is 9.91. The van der Waals surface area contributed by atoms with E-state index >= 15 is 0 Å². The van der Waals surface area contributed by atoms with Crippen LogP contribution in [0.2, 0.25) is 5.15 Å². The number of halogens is 2. The van der Waals surface area contributed by atoms with Gasteiger partial charge in [-0.15, -0.1) is 0 Å². The number of rotatable bonds is 2. The van der Waals surface area contributed by atoms with Gasteiger partial charge in [-0.3, -0.25) is 0 Å². The van der Waals surface area contributed by atoms with Crippen LogP contribution in [0.15, 0.2) is 4.47 Å². The van der Waals surface area contributed by atoms with Crippen molar-refractivity contribution >= 4 is 27.5 Å². The van der Waals surface area contributed by atoms with Crippen LogP contribution in [0, 0.1) is 0 Å². The lowest BCUT2D eigenvalue weighted by Crippen LogP contribution is -2.36. The van der Waals surface area contributed by atoms with E-state index in [0.717, 1.165) is 29.7 Å². The normalized spacial score (nSPS) is 21.8. The Labute approximate surface area is 114 Å². The van der Waals surface area contributed by atoms with Crippen molar-refractivity contribution in [1.29, 1.82) is 0 Å². The number of likely N-dealkylation sites (N-methyl/N-ethyl adjacent to an activating group) is 1. The molecule has 1 atom stereocenters. The maximum atomic E-state index is 6.09. The molecule has 0 saturated carbocycles. The highest BCUT2D eigenvalue weighted by molar-refractivity contribution is 9.10. The summed E-state index contributed by atoms with van der Waals surface area (Å²) < 4.78 is 6.47. The molecular formula is C11H15BrClN3O. The van der Waals surface area contributed by atoms with Crippen LogP contribution >= 0.6 is 27.5 Å². The molecule has 1 aromatic heterocycles.